The first-order valence-electron chi connectivity index (χ1n) is 12.3. The molecule has 1 aromatic carbocycles. The molecule has 0 radical (unpaired) electrons. The first kappa shape index (κ1) is 26.3. The van der Waals surface area contributed by atoms with Crippen molar-refractivity contribution in [2.75, 3.05) is 20.6 Å². The van der Waals surface area contributed by atoms with Gasteiger partial charge < -0.3 is 31.5 Å². The lowest BCUT2D eigenvalue weighted by Gasteiger charge is -2.60. The number of benzene rings is 1. The van der Waals surface area contributed by atoms with Crippen LogP contribution in [0.25, 0.3) is 0 Å². The van der Waals surface area contributed by atoms with E-state index in [4.69, 9.17) is 5.73 Å². The number of fused-ring (bicyclic) bond motifs is 3. The highest BCUT2D eigenvalue weighted by molar-refractivity contribution is 6.22. The Balaban J connectivity index is 2.01. The monoisotopic (exact) mass is 501 g/mol. The van der Waals surface area contributed by atoms with Gasteiger partial charge in [0.05, 0.1) is 23.8 Å². The fourth-order valence-electron chi connectivity index (χ4n) is 6.80. The molecule has 196 valence electrons. The lowest BCUT2D eigenvalue weighted by Crippen LogP contribution is -2.77. The molecule has 1 fully saturated rings. The van der Waals surface area contributed by atoms with E-state index in [2.05, 4.69) is 5.32 Å². The van der Waals surface area contributed by atoms with Crippen molar-refractivity contribution in [2.45, 2.75) is 56.4 Å². The third-order valence-corrected chi connectivity index (χ3v) is 8.38. The molecular formula is C26H35N3O7. The second-order valence-corrected chi connectivity index (χ2v) is 10.5. The second kappa shape index (κ2) is 9.26. The number of hydrogen-bond acceptors (Lipinski definition) is 9. The van der Waals surface area contributed by atoms with Crippen molar-refractivity contribution in [3.63, 3.8) is 0 Å². The van der Waals surface area contributed by atoms with Crippen LogP contribution in [0.1, 0.15) is 48.5 Å². The van der Waals surface area contributed by atoms with Gasteiger partial charge in [-0.1, -0.05) is 32.4 Å². The van der Waals surface area contributed by atoms with E-state index in [1.807, 2.05) is 13.8 Å². The minimum Gasteiger partial charge on any atom is -0.508 e. The van der Waals surface area contributed by atoms with Crippen molar-refractivity contribution < 1.29 is 34.8 Å². The second-order valence-electron chi connectivity index (χ2n) is 10.5. The van der Waals surface area contributed by atoms with Gasteiger partial charge >= 0.3 is 0 Å². The zero-order valence-electron chi connectivity index (χ0n) is 20.9. The van der Waals surface area contributed by atoms with Crippen LogP contribution in [0.15, 0.2) is 29.5 Å². The Labute approximate surface area is 209 Å². The van der Waals surface area contributed by atoms with Crippen molar-refractivity contribution in [3.05, 3.63) is 40.7 Å². The first-order chi connectivity index (χ1) is 16.9. The van der Waals surface area contributed by atoms with Crippen LogP contribution in [0, 0.1) is 17.8 Å². The van der Waals surface area contributed by atoms with Gasteiger partial charge in [-0.2, -0.15) is 0 Å². The largest absolute Gasteiger partial charge is 0.508 e. The molecule has 36 heavy (non-hydrogen) atoms. The number of aliphatic hydroxyl groups excluding tert-OH is 2. The van der Waals surface area contributed by atoms with E-state index in [-0.39, 0.29) is 11.3 Å². The number of likely N-dealkylation sites (N-methyl/N-ethyl adjacent to an activating group) is 1. The number of primary amides is 1. The molecule has 0 aromatic heterocycles. The summed E-state index contributed by atoms with van der Waals surface area (Å²) in [7, 11) is 3.15. The number of aliphatic hydroxyl groups is 3. The van der Waals surface area contributed by atoms with E-state index in [1.54, 1.807) is 26.2 Å². The summed E-state index contributed by atoms with van der Waals surface area (Å²) >= 11 is 0. The minimum atomic E-state index is -2.36. The minimum absolute atomic E-state index is 0.109. The number of aromatic hydroxyl groups is 1. The van der Waals surface area contributed by atoms with Gasteiger partial charge in [-0.05, 0) is 44.6 Å². The normalized spacial score (nSPS) is 35.9. The molecule has 1 saturated carbocycles. The van der Waals surface area contributed by atoms with Crippen LogP contribution in [-0.2, 0) is 9.59 Å². The van der Waals surface area contributed by atoms with Gasteiger partial charge in [-0.15, -0.1) is 0 Å². The van der Waals surface area contributed by atoms with Gasteiger partial charge in [-0.25, -0.2) is 0 Å². The predicted octanol–water partition coefficient (Wildman–Crippen LogP) is 0.215. The number of ketones is 2. The van der Waals surface area contributed by atoms with Crippen LogP contribution in [0.4, 0.5) is 0 Å². The molecule has 4 rings (SSSR count). The van der Waals surface area contributed by atoms with Crippen LogP contribution in [0.5, 0.6) is 5.75 Å². The van der Waals surface area contributed by atoms with Crippen molar-refractivity contribution >= 4 is 17.5 Å². The van der Waals surface area contributed by atoms with E-state index < -0.39 is 76.3 Å². The van der Waals surface area contributed by atoms with Crippen molar-refractivity contribution in [2.24, 2.45) is 23.5 Å². The summed E-state index contributed by atoms with van der Waals surface area (Å²) in [5.41, 5.74) is 3.05. The Morgan fingerprint density at radius 2 is 1.86 bits per heavy atom. The lowest BCUT2D eigenvalue weighted by atomic mass is 9.49. The maximum atomic E-state index is 13.9. The quantitative estimate of drug-likeness (QED) is 0.235. The average Bonchev–Trinajstić information content (AvgIpc) is 2.80. The molecule has 0 bridgehead atoms. The Morgan fingerprint density at radius 1 is 1.19 bits per heavy atom. The Hall–Kier alpha value is -2.79. The molecule has 0 saturated heterocycles. The molecule has 0 heterocycles. The van der Waals surface area contributed by atoms with Gasteiger partial charge in [-0.3, -0.25) is 19.3 Å². The number of phenols is 1. The molecule has 3 aliphatic carbocycles. The van der Waals surface area contributed by atoms with Gasteiger partial charge in [0, 0.05) is 17.8 Å². The zero-order chi connectivity index (χ0) is 26.7. The van der Waals surface area contributed by atoms with Gasteiger partial charge in [0.2, 0.25) is 0 Å². The summed E-state index contributed by atoms with van der Waals surface area (Å²) in [6.07, 6.45) is 0.0809. The average molecular weight is 502 g/mol. The van der Waals surface area contributed by atoms with Crippen molar-refractivity contribution in [1.82, 2.24) is 10.2 Å². The topological polar surface area (TPSA) is 173 Å². The van der Waals surface area contributed by atoms with Crippen molar-refractivity contribution in [1.29, 1.82) is 0 Å². The molecule has 1 amide bonds. The number of carbonyl (C=O) groups is 3. The molecule has 8 atom stereocenters. The number of nitrogens with two attached hydrogens (primary N) is 1. The molecule has 3 aliphatic rings. The van der Waals surface area contributed by atoms with E-state index in [0.717, 1.165) is 6.42 Å². The zero-order valence-corrected chi connectivity index (χ0v) is 20.9. The summed E-state index contributed by atoms with van der Waals surface area (Å²) in [6, 6.07) is 2.40. The maximum Gasteiger partial charge on any atom is 0.255 e. The van der Waals surface area contributed by atoms with Crippen LogP contribution in [0.3, 0.4) is 0 Å². The lowest BCUT2D eigenvalue weighted by molar-refractivity contribution is -0.187. The van der Waals surface area contributed by atoms with E-state index >= 15 is 0 Å². The highest BCUT2D eigenvalue weighted by Gasteiger charge is 2.70. The number of Topliss-reactive ketones (excluding diaryl/α,β-unsaturated/α-hetero) is 2. The molecule has 2 unspecified atom stereocenters. The van der Waals surface area contributed by atoms with Gasteiger partial charge in [0.1, 0.15) is 22.7 Å². The van der Waals surface area contributed by atoms with Crippen LogP contribution >= 0.6 is 0 Å². The number of unbranched alkanes of at least 4 members (excludes halogenated alkanes) is 1. The fraction of sp³-hybridized carbons (Fsp3) is 0.577. The molecule has 0 aliphatic heterocycles. The molecule has 7 N–H and O–H groups in total. The Morgan fingerprint density at radius 3 is 2.44 bits per heavy atom. The predicted molar refractivity (Wildman–Crippen MR) is 130 cm³/mol. The van der Waals surface area contributed by atoms with Gasteiger partial charge in [0.15, 0.2) is 11.6 Å². The highest BCUT2D eigenvalue weighted by Crippen LogP contribution is 2.56. The third-order valence-electron chi connectivity index (χ3n) is 8.38. The standard InChI is InChI=1S/C26H35N3O7/c1-5-6-10-28-23-16-14(11(2)12-8-7-9-13(30)15(12)20(16)31)21(32)18-19(29(3)4)22(33)17(25(27)35)24(34)26(18,23)36/h7-9,11,14,16,18-19,21,23,28,30,32,34,36H,5-6,10H2,1-4H3,(H2,27,35)/t11-,14+,16?,18+,19-,21-,23?,26-/m0/s1. The summed E-state index contributed by atoms with van der Waals surface area (Å²) < 4.78 is 0. The summed E-state index contributed by atoms with van der Waals surface area (Å²) in [4.78, 5) is 41.1. The maximum absolute atomic E-state index is 13.9. The van der Waals surface area contributed by atoms with Crippen LogP contribution in [-0.4, -0.2) is 87.2 Å². The summed E-state index contributed by atoms with van der Waals surface area (Å²) in [6.45, 7) is 4.17. The van der Waals surface area contributed by atoms with Crippen LogP contribution < -0.4 is 11.1 Å². The first-order valence-corrected chi connectivity index (χ1v) is 12.3. The van der Waals surface area contributed by atoms with E-state index in [0.29, 0.717) is 18.5 Å². The van der Waals surface area contributed by atoms with Crippen molar-refractivity contribution in [3.8, 4) is 5.75 Å². The smallest absolute Gasteiger partial charge is 0.255 e. The number of carbonyl (C=O) groups excluding carboxylic acids is 3. The number of phenolic OH excluding ortho intramolecular Hbond substituents is 1. The molecule has 0 spiro atoms. The summed E-state index contributed by atoms with van der Waals surface area (Å²) in [5.74, 6) is -7.12. The number of hydrogen-bond donors (Lipinski definition) is 6. The number of nitrogens with one attached hydrogen (secondary N) is 1. The molecule has 10 heteroatoms. The van der Waals surface area contributed by atoms with Crippen LogP contribution in [0.2, 0.25) is 0 Å². The number of rotatable bonds is 6. The van der Waals surface area contributed by atoms with E-state index in [9.17, 15) is 34.8 Å². The van der Waals surface area contributed by atoms with Gasteiger partial charge in [0.25, 0.3) is 5.91 Å². The Kier molecular flexibility index (Phi) is 6.76. The molecule has 10 nitrogen and oxygen atoms in total. The van der Waals surface area contributed by atoms with E-state index in [1.165, 1.54) is 11.0 Å². The summed E-state index contributed by atoms with van der Waals surface area (Å²) in [5, 5.41) is 49.1. The molecular weight excluding hydrogens is 466 g/mol. The fourth-order valence-corrected chi connectivity index (χ4v) is 6.80. The third kappa shape index (κ3) is 3.50. The molecule has 1 aromatic rings. The number of nitrogens with zero attached hydrogens (tertiary/aromatic N) is 1. The Bertz CT molecular complexity index is 1130. The number of amides is 1. The SMILES string of the molecule is CCCCNC1C2C(=O)c3c(O)cccc3[C@H](C)[C@H]2[C@H](O)[C@H]2[C@H](N(C)C)C(=O)C(C(N)=O)=C(O)[C@@]12O. The highest BCUT2D eigenvalue weighted by atomic mass is 16.3.